The van der Waals surface area contributed by atoms with Crippen LogP contribution in [-0.2, 0) is 5.41 Å². The average Bonchev–Trinajstić information content (AvgIpc) is 4.10. The lowest BCUT2D eigenvalue weighted by Gasteiger charge is -2.34. The van der Waals surface area contributed by atoms with E-state index in [0.29, 0.717) is 0 Å². The van der Waals surface area contributed by atoms with Gasteiger partial charge in [0.05, 0.1) is 5.41 Å². The Balaban J connectivity index is 0.874. The van der Waals surface area contributed by atoms with Gasteiger partial charge in [-0.15, -0.1) is 0 Å². The monoisotopic (exact) mass is 893 g/mol. The summed E-state index contributed by atoms with van der Waals surface area (Å²) in [6, 6.07) is 94.4. The number of anilines is 3. The highest BCUT2D eigenvalue weighted by atomic mass is 16.3. The van der Waals surface area contributed by atoms with Crippen LogP contribution in [0.5, 0.6) is 0 Å². The van der Waals surface area contributed by atoms with Crippen LogP contribution in [0.1, 0.15) is 22.3 Å². The van der Waals surface area contributed by atoms with Crippen molar-refractivity contribution in [2.45, 2.75) is 5.41 Å². The van der Waals surface area contributed by atoms with E-state index in [1.165, 1.54) is 44.5 Å². The lowest BCUT2D eigenvalue weighted by atomic mass is 9.67. The number of nitrogens with zero attached hydrogens (tertiary/aromatic N) is 1. The molecule has 13 aromatic rings. The maximum Gasteiger partial charge on any atom is 0.135 e. The Bertz CT molecular complexity index is 3890. The molecule has 3 heteroatoms. The molecule has 2 aromatic heterocycles. The van der Waals surface area contributed by atoms with Crippen LogP contribution in [0.2, 0.25) is 0 Å². The summed E-state index contributed by atoms with van der Waals surface area (Å²) >= 11 is 0. The van der Waals surface area contributed by atoms with Gasteiger partial charge in [0.2, 0.25) is 0 Å². The van der Waals surface area contributed by atoms with Crippen molar-refractivity contribution in [1.29, 1.82) is 0 Å². The first-order valence-electron chi connectivity index (χ1n) is 24.0. The summed E-state index contributed by atoms with van der Waals surface area (Å²) in [6.07, 6.45) is 0. The minimum absolute atomic E-state index is 0.463. The lowest BCUT2D eigenvalue weighted by molar-refractivity contribution is 0.668. The summed E-state index contributed by atoms with van der Waals surface area (Å²) in [7, 11) is 0. The van der Waals surface area contributed by atoms with E-state index in [-0.39, 0.29) is 0 Å². The molecule has 0 spiro atoms. The first-order valence-corrected chi connectivity index (χ1v) is 24.0. The topological polar surface area (TPSA) is 29.5 Å². The fraction of sp³-hybridized carbons (Fsp3) is 0.0149. The number of fused-ring (bicyclic) bond motifs is 9. The fourth-order valence-electron chi connectivity index (χ4n) is 11.4. The van der Waals surface area contributed by atoms with Crippen molar-refractivity contribution in [3.8, 4) is 44.5 Å². The number of hydrogen-bond acceptors (Lipinski definition) is 3. The second kappa shape index (κ2) is 16.0. The highest BCUT2D eigenvalue weighted by molar-refractivity contribution is 6.07. The number of rotatable bonds is 8. The van der Waals surface area contributed by atoms with Gasteiger partial charge >= 0.3 is 0 Å². The van der Waals surface area contributed by atoms with Gasteiger partial charge in [-0.25, -0.2) is 0 Å². The Morgan fingerprint density at radius 1 is 0.271 bits per heavy atom. The summed E-state index contributed by atoms with van der Waals surface area (Å²) in [4.78, 5) is 2.36. The molecule has 2 heterocycles. The van der Waals surface area contributed by atoms with Gasteiger partial charge in [-0.05, 0) is 140 Å². The Morgan fingerprint density at radius 2 is 0.671 bits per heavy atom. The first kappa shape index (κ1) is 39.9. The summed E-state index contributed by atoms with van der Waals surface area (Å²) < 4.78 is 12.3. The third-order valence-electron chi connectivity index (χ3n) is 14.6. The number of para-hydroxylation sites is 2. The maximum atomic E-state index is 6.17. The zero-order valence-corrected chi connectivity index (χ0v) is 38.1. The van der Waals surface area contributed by atoms with Crippen molar-refractivity contribution in [2.75, 3.05) is 4.90 Å². The van der Waals surface area contributed by atoms with Gasteiger partial charge in [-0.3, -0.25) is 0 Å². The summed E-state index contributed by atoms with van der Waals surface area (Å²) in [5.41, 5.74) is 21.0. The molecule has 70 heavy (non-hydrogen) atoms. The normalized spacial score (nSPS) is 12.7. The van der Waals surface area contributed by atoms with E-state index in [9.17, 15) is 0 Å². The van der Waals surface area contributed by atoms with Gasteiger partial charge in [0.1, 0.15) is 22.3 Å². The Morgan fingerprint density at radius 3 is 1.20 bits per heavy atom. The van der Waals surface area contributed by atoms with E-state index in [4.69, 9.17) is 8.83 Å². The second-order valence-electron chi connectivity index (χ2n) is 18.4. The molecule has 0 aliphatic heterocycles. The molecule has 1 aliphatic rings. The minimum Gasteiger partial charge on any atom is -0.456 e. The molecule has 11 aromatic carbocycles. The van der Waals surface area contributed by atoms with E-state index in [1.54, 1.807) is 0 Å². The molecule has 0 amide bonds. The van der Waals surface area contributed by atoms with Crippen molar-refractivity contribution in [3.05, 3.63) is 283 Å². The van der Waals surface area contributed by atoms with Gasteiger partial charge in [-0.2, -0.15) is 0 Å². The van der Waals surface area contributed by atoms with Gasteiger partial charge in [0, 0.05) is 38.6 Å². The molecule has 0 bridgehead atoms. The van der Waals surface area contributed by atoms with E-state index in [0.717, 1.165) is 83.2 Å². The van der Waals surface area contributed by atoms with Gasteiger partial charge in [0.15, 0.2) is 0 Å². The molecule has 328 valence electrons. The zero-order valence-electron chi connectivity index (χ0n) is 38.1. The zero-order chi connectivity index (χ0) is 46.2. The van der Waals surface area contributed by atoms with Gasteiger partial charge < -0.3 is 13.7 Å². The molecule has 0 N–H and O–H groups in total. The molecular weight excluding hydrogens is 851 g/mol. The highest BCUT2D eigenvalue weighted by Crippen LogP contribution is 2.58. The van der Waals surface area contributed by atoms with Crippen molar-refractivity contribution >= 4 is 60.9 Å². The van der Waals surface area contributed by atoms with E-state index in [2.05, 4.69) is 241 Å². The number of furan rings is 2. The molecule has 0 fully saturated rings. The fourth-order valence-corrected chi connectivity index (χ4v) is 11.4. The third kappa shape index (κ3) is 6.22. The molecular formula is C67H43NO2. The Kier molecular flexibility index (Phi) is 9.11. The van der Waals surface area contributed by atoms with E-state index < -0.39 is 5.41 Å². The molecule has 0 radical (unpaired) electrons. The lowest BCUT2D eigenvalue weighted by Crippen LogP contribution is -2.28. The van der Waals surface area contributed by atoms with E-state index in [1.807, 2.05) is 24.3 Å². The van der Waals surface area contributed by atoms with Gasteiger partial charge in [0.25, 0.3) is 0 Å². The quantitative estimate of drug-likeness (QED) is 0.152. The molecule has 0 saturated carbocycles. The SMILES string of the molecule is c1ccc(C2(c3ccccc3)c3ccccc3-c3c(-c4ccc(N(c5ccc(-c6ccc7oc8ccccc8c7c6)cc5)c5ccc(-c6ccc7oc8ccccc8c7c6)cc5)cc4)cccc32)cc1. The molecule has 3 nitrogen and oxygen atoms in total. The Labute approximate surface area is 405 Å². The third-order valence-corrected chi connectivity index (χ3v) is 14.6. The van der Waals surface area contributed by atoms with Crippen LogP contribution < -0.4 is 4.90 Å². The predicted octanol–water partition coefficient (Wildman–Crippen LogP) is 18.3. The van der Waals surface area contributed by atoms with Crippen LogP contribution in [0, 0.1) is 0 Å². The largest absolute Gasteiger partial charge is 0.456 e. The van der Waals surface area contributed by atoms with Gasteiger partial charge in [-0.1, -0.05) is 188 Å². The summed E-state index contributed by atoms with van der Waals surface area (Å²) in [5.74, 6) is 0. The van der Waals surface area contributed by atoms with Crippen LogP contribution in [0.4, 0.5) is 17.1 Å². The standard InChI is InChI=1S/C67H43NO2/c1-3-14-49(15-4-1)67(50-16-5-2-6-17-50)60-22-10-7-20-57(60)66-54(21-13-23-61(66)67)46-30-38-53(39-31-46)68(51-34-26-44(27-35-51)47-32-40-64-58(42-47)55-18-8-11-24-62(55)69-64)52-36-28-45(29-37-52)48-33-41-65-59(43-48)56-19-9-12-25-63(56)70-65/h1-43H. The molecule has 14 rings (SSSR count). The molecule has 0 atom stereocenters. The predicted molar refractivity (Wildman–Crippen MR) is 289 cm³/mol. The average molecular weight is 894 g/mol. The molecule has 0 unspecified atom stereocenters. The van der Waals surface area contributed by atoms with Crippen molar-refractivity contribution in [2.24, 2.45) is 0 Å². The minimum atomic E-state index is -0.463. The van der Waals surface area contributed by atoms with Crippen molar-refractivity contribution in [3.63, 3.8) is 0 Å². The number of hydrogen-bond donors (Lipinski definition) is 0. The van der Waals surface area contributed by atoms with Crippen LogP contribution >= 0.6 is 0 Å². The van der Waals surface area contributed by atoms with Crippen LogP contribution in [0.15, 0.2) is 270 Å². The van der Waals surface area contributed by atoms with E-state index >= 15 is 0 Å². The number of benzene rings is 11. The highest BCUT2D eigenvalue weighted by Gasteiger charge is 2.46. The summed E-state index contributed by atoms with van der Waals surface area (Å²) in [6.45, 7) is 0. The second-order valence-corrected chi connectivity index (χ2v) is 18.4. The Hall–Kier alpha value is -9.18. The smallest absolute Gasteiger partial charge is 0.135 e. The molecule has 0 saturated heterocycles. The van der Waals surface area contributed by atoms with Crippen molar-refractivity contribution in [1.82, 2.24) is 0 Å². The molecule has 1 aliphatic carbocycles. The van der Waals surface area contributed by atoms with Crippen molar-refractivity contribution < 1.29 is 8.83 Å². The van der Waals surface area contributed by atoms with Crippen LogP contribution in [0.3, 0.4) is 0 Å². The first-order chi connectivity index (χ1) is 34.7. The maximum absolute atomic E-state index is 6.17. The van der Waals surface area contributed by atoms with Crippen LogP contribution in [-0.4, -0.2) is 0 Å². The van der Waals surface area contributed by atoms with Crippen LogP contribution in [0.25, 0.3) is 88.4 Å². The summed E-state index contributed by atoms with van der Waals surface area (Å²) in [5, 5.41) is 4.50.